The number of aryl methyl sites for hydroxylation is 1. The van der Waals surface area contributed by atoms with Gasteiger partial charge in [0.2, 0.25) is 5.91 Å². The van der Waals surface area contributed by atoms with E-state index in [-0.39, 0.29) is 11.1 Å². The van der Waals surface area contributed by atoms with Crippen molar-refractivity contribution in [3.63, 3.8) is 0 Å². The molecule has 27 heavy (non-hydrogen) atoms. The second-order valence-corrected chi connectivity index (χ2v) is 7.03. The number of nitro groups is 1. The predicted octanol–water partition coefficient (Wildman–Crippen LogP) is 2.38. The van der Waals surface area contributed by atoms with Crippen LogP contribution in [0.25, 0.3) is 0 Å². The molecule has 3 rings (SSSR count). The summed E-state index contributed by atoms with van der Waals surface area (Å²) in [5.74, 6) is -2.34. The molecule has 0 saturated carbocycles. The highest BCUT2D eigenvalue weighted by molar-refractivity contribution is 7.16. The van der Waals surface area contributed by atoms with E-state index in [0.29, 0.717) is 15.5 Å². The van der Waals surface area contributed by atoms with Gasteiger partial charge in [-0.05, 0) is 25.5 Å². The average Bonchev–Trinajstić information content (AvgIpc) is 3.03. The first kappa shape index (κ1) is 18.2. The van der Waals surface area contributed by atoms with Gasteiger partial charge in [-0.1, -0.05) is 6.07 Å². The SMILES string of the molecule is Cc1sc(NC(=O)CN2C(=O)c3cccc([N+](=O)[O-])c3C2=O)c(C#N)c1C. The van der Waals surface area contributed by atoms with Gasteiger partial charge in [-0.25, -0.2) is 0 Å². The van der Waals surface area contributed by atoms with Crippen molar-refractivity contribution in [2.45, 2.75) is 13.8 Å². The lowest BCUT2D eigenvalue weighted by molar-refractivity contribution is -0.385. The molecule has 0 unspecified atom stereocenters. The lowest BCUT2D eigenvalue weighted by Crippen LogP contribution is -2.37. The number of benzene rings is 1. The number of fused-ring (bicyclic) bond motifs is 1. The van der Waals surface area contributed by atoms with E-state index in [1.54, 1.807) is 13.8 Å². The van der Waals surface area contributed by atoms with E-state index in [1.807, 2.05) is 6.07 Å². The fourth-order valence-corrected chi connectivity index (χ4v) is 3.80. The molecule has 1 N–H and O–H groups in total. The molecule has 2 aromatic rings. The number of nitro benzene ring substituents is 1. The summed E-state index contributed by atoms with van der Waals surface area (Å²) in [7, 11) is 0. The molecule has 0 saturated heterocycles. The van der Waals surface area contributed by atoms with Crippen LogP contribution in [0.3, 0.4) is 0 Å². The Morgan fingerprint density at radius 2 is 2.04 bits per heavy atom. The summed E-state index contributed by atoms with van der Waals surface area (Å²) in [6.45, 7) is 2.95. The maximum atomic E-state index is 12.5. The average molecular weight is 384 g/mol. The lowest BCUT2D eigenvalue weighted by Gasteiger charge is -2.13. The first-order chi connectivity index (χ1) is 12.8. The number of nitriles is 1. The molecule has 0 fully saturated rings. The monoisotopic (exact) mass is 384 g/mol. The molecule has 3 amide bonds. The number of nitrogens with zero attached hydrogens (tertiary/aromatic N) is 3. The van der Waals surface area contributed by atoms with Gasteiger partial charge < -0.3 is 5.32 Å². The molecule has 2 heterocycles. The molecule has 0 bridgehead atoms. The van der Waals surface area contributed by atoms with Crippen molar-refractivity contribution in [1.29, 1.82) is 5.26 Å². The van der Waals surface area contributed by atoms with Crippen LogP contribution in [0.4, 0.5) is 10.7 Å². The van der Waals surface area contributed by atoms with Gasteiger partial charge in [-0.15, -0.1) is 11.3 Å². The van der Waals surface area contributed by atoms with Crippen LogP contribution in [0.15, 0.2) is 18.2 Å². The van der Waals surface area contributed by atoms with Crippen molar-refractivity contribution >= 4 is 39.7 Å². The number of anilines is 1. The molecule has 0 spiro atoms. The number of rotatable bonds is 4. The van der Waals surface area contributed by atoms with Crippen LogP contribution in [0, 0.1) is 35.3 Å². The highest BCUT2D eigenvalue weighted by Crippen LogP contribution is 2.33. The van der Waals surface area contributed by atoms with Gasteiger partial charge in [0.15, 0.2) is 0 Å². The number of amides is 3. The van der Waals surface area contributed by atoms with Crippen molar-refractivity contribution in [3.05, 3.63) is 55.4 Å². The molecule has 0 atom stereocenters. The highest BCUT2D eigenvalue weighted by atomic mass is 32.1. The first-order valence-corrected chi connectivity index (χ1v) is 8.51. The van der Waals surface area contributed by atoms with E-state index in [2.05, 4.69) is 5.32 Å². The molecule has 1 aromatic carbocycles. The molecule has 9 nitrogen and oxygen atoms in total. The Labute approximate surface area is 157 Å². The minimum absolute atomic E-state index is 0.109. The fourth-order valence-electron chi connectivity index (χ4n) is 2.77. The third-order valence-electron chi connectivity index (χ3n) is 4.23. The number of hydrogen-bond donors (Lipinski definition) is 1. The zero-order valence-corrected chi connectivity index (χ0v) is 15.0. The molecule has 1 aliphatic heterocycles. The smallest absolute Gasteiger partial charge is 0.282 e. The normalized spacial score (nSPS) is 12.7. The molecule has 1 aromatic heterocycles. The maximum Gasteiger partial charge on any atom is 0.282 e. The zero-order chi connectivity index (χ0) is 19.9. The summed E-state index contributed by atoms with van der Waals surface area (Å²) in [6.07, 6.45) is 0. The number of carbonyl (C=O) groups excluding carboxylic acids is 3. The summed E-state index contributed by atoms with van der Waals surface area (Å²) in [6, 6.07) is 5.75. The van der Waals surface area contributed by atoms with Crippen LogP contribution in [0.1, 0.15) is 36.7 Å². The minimum Gasteiger partial charge on any atom is -0.315 e. The fraction of sp³-hybridized carbons (Fsp3) is 0.176. The Hall–Kier alpha value is -3.58. The minimum atomic E-state index is -0.892. The summed E-state index contributed by atoms with van der Waals surface area (Å²) in [5, 5.41) is 23.2. The van der Waals surface area contributed by atoms with Gasteiger partial charge in [-0.3, -0.25) is 29.4 Å². The van der Waals surface area contributed by atoms with Gasteiger partial charge >= 0.3 is 0 Å². The Morgan fingerprint density at radius 1 is 1.33 bits per heavy atom. The predicted molar refractivity (Wildman–Crippen MR) is 95.6 cm³/mol. The standard InChI is InChI=1S/C17H12N4O5S/c1-8-9(2)27-15(11(8)6-18)19-13(22)7-20-16(23)10-4-3-5-12(21(25)26)14(10)17(20)24/h3-5H,7H2,1-2H3,(H,19,22). The quantitative estimate of drug-likeness (QED) is 0.489. The van der Waals surface area contributed by atoms with E-state index in [4.69, 9.17) is 0 Å². The summed E-state index contributed by atoms with van der Waals surface area (Å²) < 4.78 is 0. The van der Waals surface area contributed by atoms with Crippen LogP contribution in [0.2, 0.25) is 0 Å². The largest absolute Gasteiger partial charge is 0.315 e. The lowest BCUT2D eigenvalue weighted by atomic mass is 10.1. The summed E-state index contributed by atoms with van der Waals surface area (Å²) in [5.41, 5.74) is 0.159. The van der Waals surface area contributed by atoms with Gasteiger partial charge in [0.1, 0.15) is 23.2 Å². The van der Waals surface area contributed by atoms with Crippen molar-refractivity contribution in [2.75, 3.05) is 11.9 Å². The molecule has 0 aliphatic carbocycles. The number of carbonyl (C=O) groups is 3. The van der Waals surface area contributed by atoms with Gasteiger partial charge in [0, 0.05) is 10.9 Å². The van der Waals surface area contributed by atoms with Crippen molar-refractivity contribution < 1.29 is 19.3 Å². The van der Waals surface area contributed by atoms with E-state index in [1.165, 1.54) is 23.5 Å². The number of imide groups is 1. The molecule has 10 heteroatoms. The van der Waals surface area contributed by atoms with Gasteiger partial charge in [-0.2, -0.15) is 5.26 Å². The summed E-state index contributed by atoms with van der Waals surface area (Å²) >= 11 is 1.21. The molecule has 0 radical (unpaired) electrons. The van der Waals surface area contributed by atoms with E-state index in [9.17, 15) is 29.8 Å². The van der Waals surface area contributed by atoms with E-state index >= 15 is 0 Å². The second-order valence-electron chi connectivity index (χ2n) is 5.80. The summed E-state index contributed by atoms with van der Waals surface area (Å²) in [4.78, 5) is 49.1. The Kier molecular flexibility index (Phi) is 4.47. The number of thiophene rings is 1. The van der Waals surface area contributed by atoms with Crippen LogP contribution in [-0.4, -0.2) is 34.1 Å². The van der Waals surface area contributed by atoms with Crippen LogP contribution < -0.4 is 5.32 Å². The Bertz CT molecular complexity index is 1070. The highest BCUT2D eigenvalue weighted by Gasteiger charge is 2.41. The first-order valence-electron chi connectivity index (χ1n) is 7.69. The molecular formula is C17H12N4O5S. The molecular weight excluding hydrogens is 372 g/mol. The Balaban J connectivity index is 1.84. The Morgan fingerprint density at radius 3 is 2.67 bits per heavy atom. The van der Waals surface area contributed by atoms with Gasteiger partial charge in [0.25, 0.3) is 17.5 Å². The van der Waals surface area contributed by atoms with Crippen molar-refractivity contribution in [1.82, 2.24) is 4.90 Å². The third kappa shape index (κ3) is 2.94. The van der Waals surface area contributed by atoms with Crippen molar-refractivity contribution in [2.24, 2.45) is 0 Å². The van der Waals surface area contributed by atoms with Crippen LogP contribution in [0.5, 0.6) is 0 Å². The molecule has 1 aliphatic rings. The second kappa shape index (κ2) is 6.62. The maximum absolute atomic E-state index is 12.5. The van der Waals surface area contributed by atoms with Crippen LogP contribution in [-0.2, 0) is 4.79 Å². The number of nitrogens with one attached hydrogen (secondary N) is 1. The number of hydrogen-bond acceptors (Lipinski definition) is 7. The van der Waals surface area contributed by atoms with E-state index < -0.39 is 34.9 Å². The van der Waals surface area contributed by atoms with Crippen LogP contribution >= 0.6 is 11.3 Å². The van der Waals surface area contributed by atoms with E-state index in [0.717, 1.165) is 16.5 Å². The topological polar surface area (TPSA) is 133 Å². The third-order valence-corrected chi connectivity index (χ3v) is 5.35. The zero-order valence-electron chi connectivity index (χ0n) is 14.2. The van der Waals surface area contributed by atoms with Gasteiger partial charge in [0.05, 0.1) is 16.1 Å². The molecule has 136 valence electrons. The van der Waals surface area contributed by atoms with Crippen molar-refractivity contribution in [3.8, 4) is 6.07 Å².